The van der Waals surface area contributed by atoms with E-state index in [2.05, 4.69) is 17.5 Å². The van der Waals surface area contributed by atoms with E-state index in [0.717, 1.165) is 22.4 Å². The zero-order valence-corrected chi connectivity index (χ0v) is 19.5. The molecule has 0 saturated carbocycles. The number of nitrogens with zero attached hydrogens (tertiary/aromatic N) is 3. The standard InChI is InChI=1S/C27H28N4O3/c1-3-34-27(33)25(30-26(32)14-11-22-9-5-4-6-10-22)20-23-12-13-24(19-21(23)2)31(17-7-15-28)18-8-16-29/h4-6,9-14,19-20H,3,7-8,17-18H2,1-2H3,(H,30,32)/b14-11+,25-20-. The van der Waals surface area contributed by atoms with Gasteiger partial charge < -0.3 is 15.0 Å². The molecule has 0 atom stereocenters. The van der Waals surface area contributed by atoms with Crippen LogP contribution in [-0.2, 0) is 14.3 Å². The lowest BCUT2D eigenvalue weighted by Crippen LogP contribution is -2.27. The number of nitrogens with one attached hydrogen (secondary N) is 1. The average Bonchev–Trinajstić information content (AvgIpc) is 2.84. The fraction of sp³-hybridized carbons (Fsp3) is 0.259. The first-order valence-electron chi connectivity index (χ1n) is 11.0. The Bertz CT molecular complexity index is 1110. The molecule has 0 aromatic heterocycles. The maximum absolute atomic E-state index is 12.5. The number of ether oxygens (including phenoxy) is 1. The first kappa shape index (κ1) is 25.9. The van der Waals surface area contributed by atoms with Gasteiger partial charge in [-0.15, -0.1) is 0 Å². The Balaban J connectivity index is 2.27. The molecule has 0 aliphatic rings. The van der Waals surface area contributed by atoms with E-state index >= 15 is 0 Å². The molecule has 0 fully saturated rings. The molecule has 0 radical (unpaired) electrons. The summed E-state index contributed by atoms with van der Waals surface area (Å²) in [6.45, 7) is 4.80. The lowest BCUT2D eigenvalue weighted by Gasteiger charge is -2.23. The van der Waals surface area contributed by atoms with E-state index in [-0.39, 0.29) is 12.3 Å². The van der Waals surface area contributed by atoms with E-state index in [0.29, 0.717) is 25.9 Å². The Morgan fingerprint density at radius 3 is 2.32 bits per heavy atom. The molecule has 0 bridgehead atoms. The van der Waals surface area contributed by atoms with Crippen LogP contribution in [0.1, 0.15) is 36.5 Å². The highest BCUT2D eigenvalue weighted by Crippen LogP contribution is 2.22. The Kier molecular flexibility index (Phi) is 10.6. The smallest absolute Gasteiger partial charge is 0.354 e. The number of benzene rings is 2. The van der Waals surface area contributed by atoms with Gasteiger partial charge in [-0.1, -0.05) is 36.4 Å². The molecular formula is C27H28N4O3. The summed E-state index contributed by atoms with van der Waals surface area (Å²) in [6, 6.07) is 19.3. The monoisotopic (exact) mass is 456 g/mol. The van der Waals surface area contributed by atoms with Crippen LogP contribution in [0.2, 0.25) is 0 Å². The second kappa shape index (κ2) is 13.9. The third kappa shape index (κ3) is 8.29. The lowest BCUT2D eigenvalue weighted by atomic mass is 10.1. The van der Waals surface area contributed by atoms with Gasteiger partial charge in [0.05, 0.1) is 31.6 Å². The predicted molar refractivity (Wildman–Crippen MR) is 132 cm³/mol. The maximum atomic E-state index is 12.5. The van der Waals surface area contributed by atoms with Crippen LogP contribution in [0, 0.1) is 29.6 Å². The fourth-order valence-electron chi connectivity index (χ4n) is 3.18. The van der Waals surface area contributed by atoms with Gasteiger partial charge in [0.25, 0.3) is 0 Å². The predicted octanol–water partition coefficient (Wildman–Crippen LogP) is 4.36. The fourth-order valence-corrected chi connectivity index (χ4v) is 3.18. The van der Waals surface area contributed by atoms with Crippen LogP contribution in [0.4, 0.5) is 5.69 Å². The van der Waals surface area contributed by atoms with Gasteiger partial charge in [-0.3, -0.25) is 4.79 Å². The van der Waals surface area contributed by atoms with Gasteiger partial charge in [-0.05, 0) is 54.8 Å². The summed E-state index contributed by atoms with van der Waals surface area (Å²) in [5, 5.41) is 20.5. The number of carbonyl (C=O) groups excluding carboxylic acids is 2. The number of nitriles is 2. The molecule has 7 nitrogen and oxygen atoms in total. The van der Waals surface area contributed by atoms with Crippen LogP contribution in [0.5, 0.6) is 0 Å². The molecule has 2 aromatic rings. The van der Waals surface area contributed by atoms with Crippen LogP contribution >= 0.6 is 0 Å². The summed E-state index contributed by atoms with van der Waals surface area (Å²) in [4.78, 5) is 26.9. The van der Waals surface area contributed by atoms with E-state index in [9.17, 15) is 9.59 Å². The van der Waals surface area contributed by atoms with E-state index in [1.807, 2.05) is 60.4 Å². The highest BCUT2D eigenvalue weighted by Gasteiger charge is 2.14. The van der Waals surface area contributed by atoms with Gasteiger partial charge >= 0.3 is 5.97 Å². The minimum Gasteiger partial charge on any atom is -0.461 e. The number of esters is 1. The molecule has 0 heterocycles. The minimum atomic E-state index is -0.628. The number of hydrogen-bond acceptors (Lipinski definition) is 6. The summed E-state index contributed by atoms with van der Waals surface area (Å²) in [7, 11) is 0. The normalized spacial score (nSPS) is 10.9. The molecule has 2 rings (SSSR count). The van der Waals surface area contributed by atoms with Gasteiger partial charge in [0.1, 0.15) is 5.70 Å². The molecule has 7 heteroatoms. The SMILES string of the molecule is CCOC(=O)/C(=C/c1ccc(N(CCC#N)CCC#N)cc1C)NC(=O)/C=C/c1ccccc1. The summed E-state index contributed by atoms with van der Waals surface area (Å²) in [5.74, 6) is -1.08. The zero-order valence-electron chi connectivity index (χ0n) is 19.5. The second-order valence-corrected chi connectivity index (χ2v) is 7.36. The molecule has 2 aromatic carbocycles. The first-order chi connectivity index (χ1) is 16.5. The van der Waals surface area contributed by atoms with Crippen LogP contribution < -0.4 is 10.2 Å². The van der Waals surface area contributed by atoms with Crippen molar-refractivity contribution in [3.63, 3.8) is 0 Å². The van der Waals surface area contributed by atoms with Crippen molar-refractivity contribution in [1.82, 2.24) is 5.32 Å². The number of anilines is 1. The van der Waals surface area contributed by atoms with Crippen molar-refractivity contribution in [3.05, 3.63) is 77.0 Å². The van der Waals surface area contributed by atoms with Crippen molar-refractivity contribution in [2.45, 2.75) is 26.7 Å². The van der Waals surface area contributed by atoms with Crippen molar-refractivity contribution in [1.29, 1.82) is 10.5 Å². The Morgan fingerprint density at radius 2 is 1.74 bits per heavy atom. The number of rotatable bonds is 11. The van der Waals surface area contributed by atoms with Gasteiger partial charge in [-0.25, -0.2) is 4.79 Å². The third-order valence-electron chi connectivity index (χ3n) is 4.89. The number of aryl methyl sites for hydroxylation is 1. The van der Waals surface area contributed by atoms with Crippen molar-refractivity contribution in [2.24, 2.45) is 0 Å². The first-order valence-corrected chi connectivity index (χ1v) is 11.0. The number of hydrogen-bond donors (Lipinski definition) is 1. The summed E-state index contributed by atoms with van der Waals surface area (Å²) in [6.07, 6.45) is 5.30. The van der Waals surface area contributed by atoms with Crippen LogP contribution in [0.3, 0.4) is 0 Å². The quantitative estimate of drug-likeness (QED) is 0.398. The van der Waals surface area contributed by atoms with Gasteiger partial charge in [0.2, 0.25) is 5.91 Å². The molecular weight excluding hydrogens is 428 g/mol. The Labute approximate surface area is 200 Å². The Hall–Kier alpha value is -4.36. The van der Waals surface area contributed by atoms with Gasteiger partial charge in [-0.2, -0.15) is 10.5 Å². The average molecular weight is 457 g/mol. The maximum Gasteiger partial charge on any atom is 0.354 e. The Morgan fingerprint density at radius 1 is 1.06 bits per heavy atom. The molecule has 1 N–H and O–H groups in total. The van der Waals surface area contributed by atoms with E-state index < -0.39 is 11.9 Å². The van der Waals surface area contributed by atoms with Crippen LogP contribution in [0.15, 0.2) is 60.3 Å². The van der Waals surface area contributed by atoms with Crippen LogP contribution in [-0.4, -0.2) is 31.6 Å². The van der Waals surface area contributed by atoms with Gasteiger partial charge in [0.15, 0.2) is 0 Å². The summed E-state index contributed by atoms with van der Waals surface area (Å²) in [5.41, 5.74) is 3.38. The molecule has 0 saturated heterocycles. The minimum absolute atomic E-state index is 0.0335. The largest absolute Gasteiger partial charge is 0.461 e. The number of amides is 1. The third-order valence-corrected chi connectivity index (χ3v) is 4.89. The van der Waals surface area contributed by atoms with Crippen molar-refractivity contribution < 1.29 is 14.3 Å². The highest BCUT2D eigenvalue weighted by atomic mass is 16.5. The van der Waals surface area contributed by atoms with Crippen molar-refractivity contribution in [3.8, 4) is 12.1 Å². The molecule has 1 amide bonds. The molecule has 0 unspecified atom stereocenters. The van der Waals surface area contributed by atoms with Crippen LogP contribution in [0.25, 0.3) is 12.2 Å². The van der Waals surface area contributed by atoms with Gasteiger partial charge in [0, 0.05) is 24.9 Å². The van der Waals surface area contributed by atoms with E-state index in [1.54, 1.807) is 19.1 Å². The molecule has 174 valence electrons. The molecule has 0 aliphatic carbocycles. The molecule has 0 aliphatic heterocycles. The molecule has 34 heavy (non-hydrogen) atoms. The summed E-state index contributed by atoms with van der Waals surface area (Å²) < 4.78 is 5.11. The summed E-state index contributed by atoms with van der Waals surface area (Å²) >= 11 is 0. The zero-order chi connectivity index (χ0) is 24.8. The topological polar surface area (TPSA) is 106 Å². The van der Waals surface area contributed by atoms with E-state index in [1.165, 1.54) is 6.08 Å². The highest BCUT2D eigenvalue weighted by molar-refractivity contribution is 6.02. The van der Waals surface area contributed by atoms with E-state index in [4.69, 9.17) is 15.3 Å². The van der Waals surface area contributed by atoms with Crippen molar-refractivity contribution >= 4 is 29.7 Å². The number of carbonyl (C=O) groups is 2. The van der Waals surface area contributed by atoms with Crippen molar-refractivity contribution in [2.75, 3.05) is 24.6 Å². The second-order valence-electron chi connectivity index (χ2n) is 7.36. The lowest BCUT2D eigenvalue weighted by molar-refractivity contribution is -0.139. The molecule has 0 spiro atoms.